The second kappa shape index (κ2) is 8.83. The summed E-state index contributed by atoms with van der Waals surface area (Å²) >= 11 is 0. The van der Waals surface area contributed by atoms with Crippen LogP contribution < -0.4 is 16.0 Å². The summed E-state index contributed by atoms with van der Waals surface area (Å²) in [6.45, 7) is 4.84. The quantitative estimate of drug-likeness (QED) is 0.767. The van der Waals surface area contributed by atoms with E-state index < -0.39 is 11.5 Å². The minimum absolute atomic E-state index is 0.198. The number of carbonyl (C=O) groups excluding carboxylic acids is 1. The molecule has 0 aliphatic carbocycles. The first-order chi connectivity index (χ1) is 15.0. The number of hydrogen-bond acceptors (Lipinski definition) is 6. The Morgan fingerprint density at radius 2 is 1.97 bits per heavy atom. The van der Waals surface area contributed by atoms with Crippen molar-refractivity contribution in [3.05, 3.63) is 59.9 Å². The van der Waals surface area contributed by atoms with E-state index in [1.165, 1.54) is 6.07 Å². The van der Waals surface area contributed by atoms with Crippen LogP contribution in [-0.2, 0) is 4.74 Å². The number of aliphatic imine (C=N–C) groups is 1. The highest BCUT2D eigenvalue weighted by Gasteiger charge is 2.39. The second-order valence-electron chi connectivity index (χ2n) is 7.83. The van der Waals surface area contributed by atoms with Crippen LogP contribution in [0, 0.1) is 5.82 Å². The summed E-state index contributed by atoms with van der Waals surface area (Å²) in [6.07, 6.45) is 0.825. The zero-order chi connectivity index (χ0) is 21.8. The Hall–Kier alpha value is -3.29. The smallest absolute Gasteiger partial charge is 0.409 e. The third kappa shape index (κ3) is 4.42. The molecule has 0 unspecified atom stereocenters. The summed E-state index contributed by atoms with van der Waals surface area (Å²) in [5, 5.41) is 3.33. The molecule has 4 rings (SSSR count). The molecule has 8 heteroatoms. The minimum atomic E-state index is -0.617. The van der Waals surface area contributed by atoms with Crippen molar-refractivity contribution in [3.63, 3.8) is 0 Å². The first kappa shape index (κ1) is 21.0. The number of nitrogens with one attached hydrogen (secondary N) is 1. The van der Waals surface area contributed by atoms with Gasteiger partial charge in [-0.05, 0) is 31.2 Å². The van der Waals surface area contributed by atoms with Gasteiger partial charge in [-0.2, -0.15) is 0 Å². The van der Waals surface area contributed by atoms with Gasteiger partial charge in [-0.1, -0.05) is 24.3 Å². The number of para-hydroxylation sites is 1. The Morgan fingerprint density at radius 3 is 2.68 bits per heavy atom. The van der Waals surface area contributed by atoms with Crippen molar-refractivity contribution >= 4 is 23.3 Å². The number of fused-ring (bicyclic) bond motifs is 1. The third-order valence-corrected chi connectivity index (χ3v) is 5.91. The number of nitrogens with two attached hydrogens (primary N) is 1. The van der Waals surface area contributed by atoms with Crippen LogP contribution in [0.4, 0.5) is 20.6 Å². The highest BCUT2D eigenvalue weighted by Crippen LogP contribution is 2.35. The SMILES string of the molecule is CCN(CCOC(=O)N1CCC2(CC1)N=C(N)c1c(F)cccc1N2)c1ccccc1. The van der Waals surface area contributed by atoms with Gasteiger partial charge in [0.2, 0.25) is 0 Å². The fourth-order valence-electron chi connectivity index (χ4n) is 4.19. The number of likely N-dealkylation sites (N-methyl/N-ethyl adjacent to an activating group) is 1. The van der Waals surface area contributed by atoms with Gasteiger partial charge in [0.05, 0.1) is 12.1 Å². The molecule has 0 saturated carbocycles. The molecule has 2 aliphatic rings. The van der Waals surface area contributed by atoms with E-state index >= 15 is 0 Å². The molecule has 0 atom stereocenters. The van der Waals surface area contributed by atoms with Crippen molar-refractivity contribution in [1.82, 2.24) is 4.90 Å². The Kier molecular flexibility index (Phi) is 5.97. The van der Waals surface area contributed by atoms with E-state index in [1.54, 1.807) is 17.0 Å². The summed E-state index contributed by atoms with van der Waals surface area (Å²) in [5.41, 5.74) is 7.51. The largest absolute Gasteiger partial charge is 0.448 e. The number of nitrogens with zero attached hydrogens (tertiary/aromatic N) is 3. The standard InChI is InChI=1S/C23H28FN5O2/c1-2-28(17-7-4-3-5-8-17)15-16-31-22(30)29-13-11-23(12-14-29)26-19-10-6-9-18(24)20(19)21(25)27-23/h3-10,26H,2,11-16H2,1H3,(H2,25,27). The molecule has 31 heavy (non-hydrogen) atoms. The summed E-state index contributed by atoms with van der Waals surface area (Å²) in [4.78, 5) is 21.0. The molecule has 2 heterocycles. The molecular weight excluding hydrogens is 397 g/mol. The van der Waals surface area contributed by atoms with E-state index in [9.17, 15) is 9.18 Å². The predicted molar refractivity (Wildman–Crippen MR) is 120 cm³/mol. The van der Waals surface area contributed by atoms with E-state index in [2.05, 4.69) is 22.1 Å². The molecule has 1 fully saturated rings. The Labute approximate surface area is 181 Å². The van der Waals surface area contributed by atoms with Crippen LogP contribution in [0.1, 0.15) is 25.3 Å². The lowest BCUT2D eigenvalue weighted by molar-refractivity contribution is 0.0884. The normalized spacial score (nSPS) is 16.8. The fraction of sp³-hybridized carbons (Fsp3) is 0.391. The lowest BCUT2D eigenvalue weighted by Gasteiger charge is -2.42. The van der Waals surface area contributed by atoms with Crippen LogP contribution in [0.2, 0.25) is 0 Å². The van der Waals surface area contributed by atoms with E-state index in [-0.39, 0.29) is 11.9 Å². The van der Waals surface area contributed by atoms with Crippen molar-refractivity contribution in [2.75, 3.05) is 43.0 Å². The van der Waals surface area contributed by atoms with Crippen LogP contribution >= 0.6 is 0 Å². The number of carbonyl (C=O) groups is 1. The molecule has 1 amide bonds. The van der Waals surface area contributed by atoms with Crippen LogP contribution in [-0.4, -0.2) is 55.3 Å². The molecule has 2 aromatic carbocycles. The predicted octanol–water partition coefficient (Wildman–Crippen LogP) is 3.41. The van der Waals surface area contributed by atoms with Crippen molar-refractivity contribution in [2.45, 2.75) is 25.4 Å². The molecular formula is C23H28FN5O2. The first-order valence-corrected chi connectivity index (χ1v) is 10.7. The van der Waals surface area contributed by atoms with Gasteiger partial charge in [0.1, 0.15) is 23.9 Å². The van der Waals surface area contributed by atoms with Crippen molar-refractivity contribution in [3.8, 4) is 0 Å². The molecule has 0 radical (unpaired) electrons. The second-order valence-corrected chi connectivity index (χ2v) is 7.83. The summed E-state index contributed by atoms with van der Waals surface area (Å²) < 4.78 is 19.6. The topological polar surface area (TPSA) is 83.2 Å². The van der Waals surface area contributed by atoms with Gasteiger partial charge in [0.25, 0.3) is 0 Å². The fourth-order valence-corrected chi connectivity index (χ4v) is 4.19. The van der Waals surface area contributed by atoms with Crippen molar-refractivity contribution in [2.24, 2.45) is 10.7 Å². The van der Waals surface area contributed by atoms with Gasteiger partial charge in [0, 0.05) is 43.9 Å². The van der Waals surface area contributed by atoms with Crippen LogP contribution in [0.25, 0.3) is 0 Å². The molecule has 0 aromatic heterocycles. The minimum Gasteiger partial charge on any atom is -0.448 e. The van der Waals surface area contributed by atoms with Crippen LogP contribution in [0.5, 0.6) is 0 Å². The number of hydrogen-bond donors (Lipinski definition) is 2. The number of benzene rings is 2. The van der Waals surface area contributed by atoms with Gasteiger partial charge in [-0.25, -0.2) is 14.2 Å². The lowest BCUT2D eigenvalue weighted by Crippen LogP contribution is -2.52. The summed E-state index contributed by atoms with van der Waals surface area (Å²) in [5.74, 6) is -0.192. The van der Waals surface area contributed by atoms with Gasteiger partial charge < -0.3 is 25.6 Å². The van der Waals surface area contributed by atoms with E-state index in [4.69, 9.17) is 10.5 Å². The molecule has 1 saturated heterocycles. The number of piperidine rings is 1. The molecule has 2 aliphatic heterocycles. The highest BCUT2D eigenvalue weighted by molar-refractivity contribution is 6.04. The van der Waals surface area contributed by atoms with Gasteiger partial charge in [-0.15, -0.1) is 0 Å². The molecule has 3 N–H and O–H groups in total. The average molecular weight is 426 g/mol. The monoisotopic (exact) mass is 425 g/mol. The number of halogens is 1. The lowest BCUT2D eigenvalue weighted by atomic mass is 9.94. The highest BCUT2D eigenvalue weighted by atomic mass is 19.1. The molecule has 0 bridgehead atoms. The Balaban J connectivity index is 1.30. The zero-order valence-corrected chi connectivity index (χ0v) is 17.7. The molecule has 7 nitrogen and oxygen atoms in total. The van der Waals surface area contributed by atoms with Gasteiger partial charge in [-0.3, -0.25) is 0 Å². The number of rotatable bonds is 5. The summed E-state index contributed by atoms with van der Waals surface area (Å²) in [7, 11) is 0. The molecule has 2 aromatic rings. The Bertz CT molecular complexity index is 958. The Morgan fingerprint density at radius 1 is 1.23 bits per heavy atom. The average Bonchev–Trinajstić information content (AvgIpc) is 2.77. The number of likely N-dealkylation sites (tertiary alicyclic amines) is 1. The maximum absolute atomic E-state index is 14.1. The third-order valence-electron chi connectivity index (χ3n) is 5.91. The number of anilines is 2. The zero-order valence-electron chi connectivity index (χ0n) is 17.7. The van der Waals surface area contributed by atoms with Crippen LogP contribution in [0.3, 0.4) is 0 Å². The number of amides is 1. The van der Waals surface area contributed by atoms with Gasteiger partial charge in [0.15, 0.2) is 0 Å². The van der Waals surface area contributed by atoms with Gasteiger partial charge >= 0.3 is 6.09 Å². The van der Waals surface area contributed by atoms with Crippen molar-refractivity contribution in [1.29, 1.82) is 0 Å². The van der Waals surface area contributed by atoms with E-state index in [0.29, 0.717) is 50.3 Å². The van der Waals surface area contributed by atoms with Crippen molar-refractivity contribution < 1.29 is 13.9 Å². The maximum atomic E-state index is 14.1. The first-order valence-electron chi connectivity index (χ1n) is 10.7. The maximum Gasteiger partial charge on any atom is 0.409 e. The van der Waals surface area contributed by atoms with Crippen LogP contribution in [0.15, 0.2) is 53.5 Å². The number of amidine groups is 1. The molecule has 1 spiro atoms. The van der Waals surface area contributed by atoms with E-state index in [0.717, 1.165) is 12.2 Å². The van der Waals surface area contributed by atoms with E-state index in [1.807, 2.05) is 30.3 Å². The summed E-state index contributed by atoms with van der Waals surface area (Å²) in [6, 6.07) is 14.9. The number of ether oxygens (including phenoxy) is 1. The molecule has 164 valence electrons.